The summed E-state index contributed by atoms with van der Waals surface area (Å²) in [4.78, 5) is 28.5. The van der Waals surface area contributed by atoms with Gasteiger partial charge in [0.15, 0.2) is 27.1 Å². The van der Waals surface area contributed by atoms with Crippen molar-refractivity contribution in [1.82, 2.24) is 0 Å². The number of sulfone groups is 1. The molecule has 0 unspecified atom stereocenters. The summed E-state index contributed by atoms with van der Waals surface area (Å²) < 4.78 is 34.1. The number of ether oxygens (including phenoxy) is 2. The molecule has 0 aromatic heterocycles. The monoisotopic (exact) mass is 455 g/mol. The molecule has 32 heavy (non-hydrogen) atoms. The Labute approximate surface area is 183 Å². The van der Waals surface area contributed by atoms with E-state index in [4.69, 9.17) is 9.47 Å². The number of carbonyl (C=O) groups excluding carboxylic acids is 1. The second-order valence-corrected chi connectivity index (χ2v) is 9.09. The molecule has 0 atom stereocenters. The van der Waals surface area contributed by atoms with Crippen LogP contribution in [-0.2, 0) is 21.3 Å². The zero-order chi connectivity index (χ0) is 22.9. The quantitative estimate of drug-likeness (QED) is 0.302. The average Bonchev–Trinajstić information content (AvgIpc) is 3.24. The van der Waals surface area contributed by atoms with Gasteiger partial charge in [-0.25, -0.2) is 8.42 Å². The molecular formula is C22H17NO8S. The maximum absolute atomic E-state index is 13.4. The third-order valence-corrected chi connectivity index (χ3v) is 6.02. The summed E-state index contributed by atoms with van der Waals surface area (Å²) in [6.45, 7) is -0.250. The molecule has 10 heteroatoms. The maximum atomic E-state index is 13.4. The van der Waals surface area contributed by atoms with Gasteiger partial charge in [-0.2, -0.15) is 0 Å². The standard InChI is InChI=1S/C22H17NO8S/c1-32(27,28)17-6-3-15(4-7-17)18-8-2-14(12-31-23(25)26)10-19(18)22(24)16-5-9-20-21(11-16)30-13-29-20/h2-11H,12-13H2,1H3. The first-order valence-corrected chi connectivity index (χ1v) is 11.3. The minimum atomic E-state index is -3.37. The molecule has 0 saturated heterocycles. The van der Waals surface area contributed by atoms with Crippen LogP contribution in [0.5, 0.6) is 11.5 Å². The molecule has 1 aliphatic heterocycles. The highest BCUT2D eigenvalue weighted by Crippen LogP contribution is 2.34. The highest BCUT2D eigenvalue weighted by atomic mass is 32.2. The second kappa shape index (κ2) is 8.31. The first kappa shape index (κ1) is 21.3. The van der Waals surface area contributed by atoms with Gasteiger partial charge in [-0.05, 0) is 53.1 Å². The Morgan fingerprint density at radius 2 is 1.75 bits per heavy atom. The fourth-order valence-electron chi connectivity index (χ4n) is 3.32. The van der Waals surface area contributed by atoms with Crippen LogP contribution in [-0.4, -0.2) is 32.3 Å². The van der Waals surface area contributed by atoms with Gasteiger partial charge in [-0.15, -0.1) is 10.1 Å². The molecule has 0 fully saturated rings. The zero-order valence-corrected chi connectivity index (χ0v) is 17.6. The topological polar surface area (TPSA) is 122 Å². The predicted molar refractivity (Wildman–Crippen MR) is 113 cm³/mol. The van der Waals surface area contributed by atoms with Crippen LogP contribution < -0.4 is 9.47 Å². The van der Waals surface area contributed by atoms with Crippen LogP contribution >= 0.6 is 0 Å². The van der Waals surface area contributed by atoms with Gasteiger partial charge < -0.3 is 14.3 Å². The summed E-state index contributed by atoms with van der Waals surface area (Å²) in [7, 11) is -3.37. The molecule has 0 N–H and O–H groups in total. The Bertz CT molecular complexity index is 1320. The normalized spacial score (nSPS) is 12.4. The Kier molecular flexibility index (Phi) is 5.54. The molecule has 0 radical (unpaired) electrons. The zero-order valence-electron chi connectivity index (χ0n) is 16.8. The second-order valence-electron chi connectivity index (χ2n) is 7.07. The molecule has 0 bridgehead atoms. The number of rotatable bonds is 7. The highest BCUT2D eigenvalue weighted by molar-refractivity contribution is 7.90. The lowest BCUT2D eigenvalue weighted by atomic mass is 9.92. The van der Waals surface area contributed by atoms with Gasteiger partial charge in [0.1, 0.15) is 6.61 Å². The highest BCUT2D eigenvalue weighted by Gasteiger charge is 2.20. The Morgan fingerprint density at radius 1 is 1.03 bits per heavy atom. The van der Waals surface area contributed by atoms with E-state index in [1.165, 1.54) is 18.2 Å². The van der Waals surface area contributed by atoms with Crippen molar-refractivity contribution in [2.75, 3.05) is 13.0 Å². The van der Waals surface area contributed by atoms with E-state index in [0.29, 0.717) is 33.8 Å². The van der Waals surface area contributed by atoms with Gasteiger partial charge in [0.25, 0.3) is 5.09 Å². The molecule has 0 spiro atoms. The van der Waals surface area contributed by atoms with E-state index in [1.807, 2.05) is 0 Å². The SMILES string of the molecule is CS(=O)(=O)c1ccc(-c2ccc(CO[N+](=O)[O-])cc2C(=O)c2ccc3c(c2)OCO3)cc1. The largest absolute Gasteiger partial charge is 0.454 e. The van der Waals surface area contributed by atoms with Crippen LogP contribution in [0.25, 0.3) is 11.1 Å². The molecule has 0 aliphatic carbocycles. The average molecular weight is 455 g/mol. The van der Waals surface area contributed by atoms with E-state index < -0.39 is 14.9 Å². The molecule has 0 amide bonds. The van der Waals surface area contributed by atoms with Gasteiger partial charge in [-0.3, -0.25) is 4.79 Å². The van der Waals surface area contributed by atoms with Crippen molar-refractivity contribution in [2.24, 2.45) is 0 Å². The summed E-state index contributed by atoms with van der Waals surface area (Å²) in [6, 6.07) is 15.7. The van der Waals surface area contributed by atoms with Crippen molar-refractivity contribution < 1.29 is 32.6 Å². The molecule has 0 saturated carbocycles. The molecule has 1 aliphatic rings. The third-order valence-electron chi connectivity index (χ3n) is 4.89. The Hall–Kier alpha value is -3.92. The van der Waals surface area contributed by atoms with Crippen LogP contribution in [0.3, 0.4) is 0 Å². The molecule has 164 valence electrons. The molecule has 1 heterocycles. The van der Waals surface area contributed by atoms with Crippen molar-refractivity contribution in [3.63, 3.8) is 0 Å². The summed E-state index contributed by atoms with van der Waals surface area (Å²) in [5.74, 6) is 0.641. The summed E-state index contributed by atoms with van der Waals surface area (Å²) in [5, 5.41) is 9.66. The molecule has 9 nitrogen and oxygen atoms in total. The van der Waals surface area contributed by atoms with E-state index in [1.54, 1.807) is 42.5 Å². The summed E-state index contributed by atoms with van der Waals surface area (Å²) in [6.07, 6.45) is 1.11. The third kappa shape index (κ3) is 4.40. The van der Waals surface area contributed by atoms with Crippen LogP contribution in [0.15, 0.2) is 65.6 Å². The van der Waals surface area contributed by atoms with Crippen molar-refractivity contribution >= 4 is 15.6 Å². The van der Waals surface area contributed by atoms with E-state index in [9.17, 15) is 23.3 Å². The van der Waals surface area contributed by atoms with Crippen LogP contribution in [0.1, 0.15) is 21.5 Å². The number of hydrogen-bond acceptors (Lipinski definition) is 8. The van der Waals surface area contributed by atoms with Gasteiger partial charge in [0.05, 0.1) is 4.90 Å². The first-order valence-electron chi connectivity index (χ1n) is 9.37. The molecular weight excluding hydrogens is 438 g/mol. The van der Waals surface area contributed by atoms with Crippen molar-refractivity contribution in [3.8, 4) is 22.6 Å². The minimum absolute atomic E-state index is 0.0681. The fourth-order valence-corrected chi connectivity index (χ4v) is 3.95. The Morgan fingerprint density at radius 3 is 2.44 bits per heavy atom. The maximum Gasteiger partial charge on any atom is 0.294 e. The molecule has 4 rings (SSSR count). The summed E-state index contributed by atoms with van der Waals surface area (Å²) >= 11 is 0. The molecule has 3 aromatic carbocycles. The van der Waals surface area contributed by atoms with Crippen molar-refractivity contribution in [1.29, 1.82) is 0 Å². The van der Waals surface area contributed by atoms with E-state index in [2.05, 4.69) is 4.84 Å². The molecule has 3 aromatic rings. The van der Waals surface area contributed by atoms with Crippen LogP contribution in [0, 0.1) is 10.1 Å². The number of carbonyl (C=O) groups is 1. The van der Waals surface area contributed by atoms with E-state index >= 15 is 0 Å². The van der Waals surface area contributed by atoms with Crippen molar-refractivity contribution in [3.05, 3.63) is 87.5 Å². The van der Waals surface area contributed by atoms with Gasteiger partial charge >= 0.3 is 0 Å². The summed E-state index contributed by atoms with van der Waals surface area (Å²) in [5.41, 5.74) is 2.21. The number of benzene rings is 3. The van der Waals surface area contributed by atoms with E-state index in [-0.39, 0.29) is 29.6 Å². The lowest BCUT2D eigenvalue weighted by Gasteiger charge is -2.12. The van der Waals surface area contributed by atoms with Crippen LogP contribution in [0.2, 0.25) is 0 Å². The van der Waals surface area contributed by atoms with Gasteiger partial charge in [-0.1, -0.05) is 24.3 Å². The minimum Gasteiger partial charge on any atom is -0.454 e. The van der Waals surface area contributed by atoms with E-state index in [0.717, 1.165) is 6.26 Å². The number of hydrogen-bond donors (Lipinski definition) is 0. The van der Waals surface area contributed by atoms with Crippen molar-refractivity contribution in [2.45, 2.75) is 11.5 Å². The van der Waals surface area contributed by atoms with Gasteiger partial charge in [0, 0.05) is 17.4 Å². The fraction of sp³-hybridized carbons (Fsp3) is 0.136. The smallest absolute Gasteiger partial charge is 0.294 e. The lowest BCUT2D eigenvalue weighted by Crippen LogP contribution is -2.07. The number of nitrogens with zero attached hydrogens (tertiary/aromatic N) is 1. The number of ketones is 1. The lowest BCUT2D eigenvalue weighted by molar-refractivity contribution is -0.763. The predicted octanol–water partition coefficient (Wildman–Crippen LogP) is 3.43. The number of fused-ring (bicyclic) bond motifs is 1. The van der Waals surface area contributed by atoms with Gasteiger partial charge in [0.2, 0.25) is 6.79 Å². The first-order chi connectivity index (χ1) is 15.2. The Balaban J connectivity index is 1.77. The van der Waals surface area contributed by atoms with Crippen LogP contribution in [0.4, 0.5) is 0 Å².